The first-order chi connectivity index (χ1) is 13.6. The van der Waals surface area contributed by atoms with Gasteiger partial charge in [-0.25, -0.2) is 9.36 Å². The minimum atomic E-state index is -0.439. The van der Waals surface area contributed by atoms with Crippen molar-refractivity contribution in [3.8, 4) is 0 Å². The second-order valence-corrected chi connectivity index (χ2v) is 7.52. The van der Waals surface area contributed by atoms with Crippen molar-refractivity contribution in [2.75, 3.05) is 37.2 Å². The lowest BCUT2D eigenvalue weighted by Crippen LogP contribution is -2.34. The van der Waals surface area contributed by atoms with E-state index in [0.29, 0.717) is 5.71 Å². The van der Waals surface area contributed by atoms with Gasteiger partial charge in [-0.15, -0.1) is 0 Å². The second-order valence-electron chi connectivity index (χ2n) is 7.52. The summed E-state index contributed by atoms with van der Waals surface area (Å²) < 4.78 is 6.90. The van der Waals surface area contributed by atoms with Crippen LogP contribution >= 0.6 is 0 Å². The largest absolute Gasteiger partial charge is 0.464 e. The molecule has 6 nitrogen and oxygen atoms in total. The highest BCUT2D eigenvalue weighted by molar-refractivity contribution is 6.43. The van der Waals surface area contributed by atoms with Gasteiger partial charge in [0.1, 0.15) is 7.05 Å². The molecular weight excluding hydrogens is 352 g/mol. The fourth-order valence-electron chi connectivity index (χ4n) is 4.15. The van der Waals surface area contributed by atoms with E-state index in [2.05, 4.69) is 22.1 Å². The number of anilines is 2. The van der Waals surface area contributed by atoms with Crippen molar-refractivity contribution in [3.05, 3.63) is 53.3 Å². The lowest BCUT2D eigenvalue weighted by molar-refractivity contribution is -0.671. The number of carbonyl (C=O) groups excluding carboxylic acids is 1. The number of rotatable bonds is 4. The number of carbonyl (C=O) groups is 1. The number of hydrogen-bond donors (Lipinski definition) is 0. The number of pyridine rings is 1. The van der Waals surface area contributed by atoms with Crippen LogP contribution < -0.4 is 14.5 Å². The first kappa shape index (κ1) is 18.5. The maximum atomic E-state index is 12.4. The van der Waals surface area contributed by atoms with E-state index >= 15 is 0 Å². The van der Waals surface area contributed by atoms with Crippen LogP contribution in [0.4, 0.5) is 11.4 Å². The molecule has 4 rings (SSSR count). The maximum Gasteiger partial charge on any atom is 0.359 e. The van der Waals surface area contributed by atoms with E-state index in [9.17, 15) is 4.79 Å². The number of methoxy groups -OCH3 is 1. The predicted molar refractivity (Wildman–Crippen MR) is 110 cm³/mol. The van der Waals surface area contributed by atoms with E-state index in [1.54, 1.807) is 5.01 Å². The number of ether oxygens (including phenoxy) is 1. The molecule has 0 saturated carbocycles. The summed E-state index contributed by atoms with van der Waals surface area (Å²) in [7, 11) is 5.22. The molecule has 0 saturated heterocycles. The van der Waals surface area contributed by atoms with Gasteiger partial charge in [-0.05, 0) is 48.9 Å². The summed E-state index contributed by atoms with van der Waals surface area (Å²) in [6.07, 6.45) is 8.37. The summed E-state index contributed by atoms with van der Waals surface area (Å²) in [5.41, 5.74) is 6.28. The molecule has 2 aliphatic heterocycles. The number of aryl methyl sites for hydroxylation is 3. The molecule has 0 spiro atoms. The van der Waals surface area contributed by atoms with Crippen LogP contribution in [0.25, 0.3) is 0 Å². The molecule has 0 bridgehead atoms. The molecule has 0 radical (unpaired) electrons. The highest BCUT2D eigenvalue weighted by Crippen LogP contribution is 2.38. The summed E-state index contributed by atoms with van der Waals surface area (Å²) in [6.45, 7) is 2.32. The summed E-state index contributed by atoms with van der Waals surface area (Å²) in [5, 5.41) is 6.43. The molecule has 6 heteroatoms. The average Bonchev–Trinajstić information content (AvgIpc) is 2.72. The van der Waals surface area contributed by atoms with Gasteiger partial charge in [-0.3, -0.25) is 5.01 Å². The summed E-state index contributed by atoms with van der Waals surface area (Å²) in [6, 6.07) is 8.19. The lowest BCUT2D eigenvalue weighted by atomic mass is 9.91. The molecule has 0 N–H and O–H groups in total. The molecule has 1 aromatic carbocycles. The Bertz CT molecular complexity index is 890. The molecule has 2 aromatic rings. The van der Waals surface area contributed by atoms with E-state index in [0.717, 1.165) is 37.2 Å². The standard InChI is InChI=1S/C22H27N4O2/c1-24-12-8-16(9-13-24)20(22(27)28-3)23-25(2)19-14-17-6-4-10-26-11-5-7-18(15-19)21(17)26/h8-9,12-15H,4-7,10-11H2,1-3H3/q+1. The predicted octanol–water partition coefficient (Wildman–Crippen LogP) is 2.22. The molecule has 0 atom stereocenters. The molecule has 2 aliphatic rings. The van der Waals surface area contributed by atoms with E-state index in [1.807, 2.05) is 43.2 Å². The highest BCUT2D eigenvalue weighted by atomic mass is 16.5. The number of esters is 1. The molecule has 0 amide bonds. The van der Waals surface area contributed by atoms with Crippen molar-refractivity contribution in [2.45, 2.75) is 25.7 Å². The molecule has 28 heavy (non-hydrogen) atoms. The molecule has 3 heterocycles. The molecule has 1 aromatic heterocycles. The Kier molecular flexibility index (Phi) is 5.03. The average molecular weight is 379 g/mol. The number of hydrogen-bond acceptors (Lipinski definition) is 5. The zero-order chi connectivity index (χ0) is 19.7. The third-order valence-corrected chi connectivity index (χ3v) is 5.57. The number of benzene rings is 1. The monoisotopic (exact) mass is 379 g/mol. The van der Waals surface area contributed by atoms with Crippen molar-refractivity contribution in [1.82, 2.24) is 0 Å². The minimum absolute atomic E-state index is 0.304. The van der Waals surface area contributed by atoms with Crippen LogP contribution in [0.15, 0.2) is 41.8 Å². The zero-order valence-electron chi connectivity index (χ0n) is 16.8. The fraction of sp³-hybridized carbons (Fsp3) is 0.409. The fourth-order valence-corrected chi connectivity index (χ4v) is 4.15. The number of nitrogens with zero attached hydrogens (tertiary/aromatic N) is 4. The highest BCUT2D eigenvalue weighted by Gasteiger charge is 2.25. The topological polar surface area (TPSA) is 49.0 Å². The van der Waals surface area contributed by atoms with Crippen molar-refractivity contribution < 1.29 is 14.1 Å². The van der Waals surface area contributed by atoms with E-state index in [-0.39, 0.29) is 0 Å². The molecule has 146 valence electrons. The van der Waals surface area contributed by atoms with Crippen molar-refractivity contribution >= 4 is 23.1 Å². The Balaban J connectivity index is 1.72. The summed E-state index contributed by atoms with van der Waals surface area (Å²) in [4.78, 5) is 14.9. The normalized spacial score (nSPS) is 15.8. The van der Waals surface area contributed by atoms with Gasteiger partial charge in [0, 0.05) is 43.5 Å². The van der Waals surface area contributed by atoms with Crippen molar-refractivity contribution in [1.29, 1.82) is 0 Å². The van der Waals surface area contributed by atoms with Crippen LogP contribution in [0.3, 0.4) is 0 Å². The van der Waals surface area contributed by atoms with Gasteiger partial charge in [0.15, 0.2) is 18.1 Å². The first-order valence-corrected chi connectivity index (χ1v) is 9.84. The summed E-state index contributed by atoms with van der Waals surface area (Å²) >= 11 is 0. The minimum Gasteiger partial charge on any atom is -0.464 e. The Labute approximate surface area is 166 Å². The Morgan fingerprint density at radius 1 is 1.14 bits per heavy atom. The second kappa shape index (κ2) is 7.62. The third-order valence-electron chi connectivity index (χ3n) is 5.57. The van der Waals surface area contributed by atoms with E-state index in [1.165, 1.54) is 36.8 Å². The molecular formula is C22H27N4O2+. The molecule has 0 fully saturated rings. The van der Waals surface area contributed by atoms with Gasteiger partial charge in [0.25, 0.3) is 0 Å². The van der Waals surface area contributed by atoms with Crippen LogP contribution in [0.5, 0.6) is 0 Å². The Morgan fingerprint density at radius 2 is 1.75 bits per heavy atom. The van der Waals surface area contributed by atoms with Crippen molar-refractivity contribution in [2.24, 2.45) is 12.1 Å². The first-order valence-electron chi connectivity index (χ1n) is 9.84. The molecule has 0 aliphatic carbocycles. The van der Waals surface area contributed by atoms with Crippen LogP contribution in [-0.4, -0.2) is 38.9 Å². The Morgan fingerprint density at radius 3 is 2.32 bits per heavy atom. The van der Waals surface area contributed by atoms with Crippen LogP contribution in [0, 0.1) is 0 Å². The van der Waals surface area contributed by atoms with E-state index in [4.69, 9.17) is 4.74 Å². The summed E-state index contributed by atoms with van der Waals surface area (Å²) in [5.74, 6) is -0.439. The van der Waals surface area contributed by atoms with Crippen molar-refractivity contribution in [3.63, 3.8) is 0 Å². The van der Waals surface area contributed by atoms with Gasteiger partial charge >= 0.3 is 5.97 Å². The van der Waals surface area contributed by atoms with Gasteiger partial charge in [-0.1, -0.05) is 0 Å². The van der Waals surface area contributed by atoms with Gasteiger partial charge in [0.05, 0.1) is 12.8 Å². The number of hydrazone groups is 1. The SMILES string of the molecule is COC(=O)C(=NN(C)c1cc2c3c(c1)CCCN3CCC2)c1cc[n+](C)cc1. The van der Waals surface area contributed by atoms with Crippen LogP contribution in [-0.2, 0) is 29.4 Å². The van der Waals surface area contributed by atoms with Crippen LogP contribution in [0.1, 0.15) is 29.5 Å². The lowest BCUT2D eigenvalue weighted by Gasteiger charge is -2.37. The smallest absolute Gasteiger partial charge is 0.359 e. The van der Waals surface area contributed by atoms with E-state index < -0.39 is 5.97 Å². The zero-order valence-corrected chi connectivity index (χ0v) is 16.8. The maximum absolute atomic E-state index is 12.4. The number of aromatic nitrogens is 1. The van der Waals surface area contributed by atoms with Gasteiger partial charge < -0.3 is 9.64 Å². The third kappa shape index (κ3) is 3.46. The molecule has 0 unspecified atom stereocenters. The van der Waals surface area contributed by atoms with Gasteiger partial charge in [-0.2, -0.15) is 5.10 Å². The van der Waals surface area contributed by atoms with Crippen LogP contribution in [0.2, 0.25) is 0 Å². The Hall–Kier alpha value is -2.89. The quantitative estimate of drug-likeness (QED) is 0.354. The van der Waals surface area contributed by atoms with Gasteiger partial charge in [0.2, 0.25) is 0 Å².